The van der Waals surface area contributed by atoms with E-state index in [4.69, 9.17) is 5.73 Å². The van der Waals surface area contributed by atoms with Crippen LogP contribution in [0.4, 0.5) is 4.39 Å². The Morgan fingerprint density at radius 2 is 1.79 bits per heavy atom. The van der Waals surface area contributed by atoms with Crippen LogP contribution in [-0.2, 0) is 12.0 Å². The highest BCUT2D eigenvalue weighted by Crippen LogP contribution is 2.27. The van der Waals surface area contributed by atoms with Crippen LogP contribution in [0.25, 0.3) is 0 Å². The first-order valence-corrected chi connectivity index (χ1v) is 6.50. The van der Waals surface area contributed by atoms with E-state index in [9.17, 15) is 4.39 Å². The van der Waals surface area contributed by atoms with Gasteiger partial charge in [0.15, 0.2) is 0 Å². The minimum absolute atomic E-state index is 0.190. The largest absolute Gasteiger partial charge is 0.321 e. The van der Waals surface area contributed by atoms with Crippen LogP contribution in [0, 0.1) is 19.7 Å². The lowest BCUT2D eigenvalue weighted by Crippen LogP contribution is -2.36. The average Bonchev–Trinajstić information content (AvgIpc) is 2.35. The van der Waals surface area contributed by atoms with Crippen LogP contribution in [0.15, 0.2) is 42.5 Å². The van der Waals surface area contributed by atoms with Crippen molar-refractivity contribution in [3.05, 3.63) is 70.5 Å². The second-order valence-electron chi connectivity index (χ2n) is 5.50. The first kappa shape index (κ1) is 13.8. The molecule has 2 heteroatoms. The average molecular weight is 257 g/mol. The molecule has 2 aromatic rings. The highest BCUT2D eigenvalue weighted by Gasteiger charge is 2.24. The van der Waals surface area contributed by atoms with Crippen LogP contribution in [-0.4, -0.2) is 0 Å². The van der Waals surface area contributed by atoms with E-state index >= 15 is 0 Å². The van der Waals surface area contributed by atoms with Gasteiger partial charge in [0.05, 0.1) is 0 Å². The first-order chi connectivity index (χ1) is 8.90. The highest BCUT2D eigenvalue weighted by atomic mass is 19.1. The van der Waals surface area contributed by atoms with Gasteiger partial charge in [0.1, 0.15) is 5.82 Å². The molecule has 0 fully saturated rings. The van der Waals surface area contributed by atoms with Gasteiger partial charge in [0.2, 0.25) is 0 Å². The minimum atomic E-state index is -0.571. The zero-order chi connectivity index (χ0) is 14.0. The Hall–Kier alpha value is -1.67. The molecule has 0 saturated carbocycles. The molecular weight excluding hydrogens is 237 g/mol. The SMILES string of the molecule is Cc1ccc(C)c(C(C)(N)Cc2ccccc2F)c1. The molecule has 100 valence electrons. The third-order valence-corrected chi connectivity index (χ3v) is 3.52. The Morgan fingerprint density at radius 1 is 1.11 bits per heavy atom. The van der Waals surface area contributed by atoms with E-state index < -0.39 is 5.54 Å². The van der Waals surface area contributed by atoms with Crippen molar-refractivity contribution in [2.24, 2.45) is 5.73 Å². The fourth-order valence-electron chi connectivity index (χ4n) is 2.48. The molecule has 1 atom stereocenters. The van der Waals surface area contributed by atoms with Crippen molar-refractivity contribution in [2.45, 2.75) is 32.7 Å². The van der Waals surface area contributed by atoms with Crippen LogP contribution >= 0.6 is 0 Å². The Labute approximate surface area is 114 Å². The van der Waals surface area contributed by atoms with Gasteiger partial charge in [-0.2, -0.15) is 0 Å². The zero-order valence-electron chi connectivity index (χ0n) is 11.7. The van der Waals surface area contributed by atoms with Gasteiger partial charge in [0.25, 0.3) is 0 Å². The molecule has 2 N–H and O–H groups in total. The lowest BCUT2D eigenvalue weighted by atomic mass is 9.83. The van der Waals surface area contributed by atoms with Gasteiger partial charge in [-0.15, -0.1) is 0 Å². The Morgan fingerprint density at radius 3 is 2.47 bits per heavy atom. The monoisotopic (exact) mass is 257 g/mol. The third kappa shape index (κ3) is 3.02. The van der Waals surface area contributed by atoms with E-state index in [1.807, 2.05) is 26.8 Å². The standard InChI is InChI=1S/C17H20FN/c1-12-8-9-13(2)15(10-12)17(3,19)11-14-6-4-5-7-16(14)18/h4-10H,11,19H2,1-3H3. The quantitative estimate of drug-likeness (QED) is 0.887. The fourth-order valence-corrected chi connectivity index (χ4v) is 2.48. The number of rotatable bonds is 3. The van der Waals surface area contributed by atoms with Gasteiger partial charge in [-0.3, -0.25) is 0 Å². The number of aryl methyl sites for hydroxylation is 2. The summed E-state index contributed by atoms with van der Waals surface area (Å²) in [4.78, 5) is 0. The van der Waals surface area contributed by atoms with E-state index in [2.05, 4.69) is 18.2 Å². The van der Waals surface area contributed by atoms with E-state index in [1.165, 1.54) is 11.6 Å². The maximum Gasteiger partial charge on any atom is 0.126 e. The van der Waals surface area contributed by atoms with Gasteiger partial charge in [-0.05, 0) is 49.9 Å². The molecule has 0 amide bonds. The molecule has 0 aliphatic rings. The fraction of sp³-hybridized carbons (Fsp3) is 0.294. The molecule has 1 nitrogen and oxygen atoms in total. The zero-order valence-corrected chi connectivity index (χ0v) is 11.7. The molecule has 0 aliphatic carbocycles. The molecule has 2 aromatic carbocycles. The smallest absolute Gasteiger partial charge is 0.126 e. The van der Waals surface area contributed by atoms with E-state index in [0.717, 1.165) is 11.1 Å². The molecule has 0 radical (unpaired) electrons. The number of halogens is 1. The molecule has 2 rings (SSSR count). The molecule has 0 heterocycles. The van der Waals surface area contributed by atoms with E-state index in [0.29, 0.717) is 12.0 Å². The van der Waals surface area contributed by atoms with E-state index in [1.54, 1.807) is 12.1 Å². The Bertz CT molecular complexity index is 588. The van der Waals surface area contributed by atoms with E-state index in [-0.39, 0.29) is 5.82 Å². The maximum absolute atomic E-state index is 13.8. The molecule has 0 aromatic heterocycles. The summed E-state index contributed by atoms with van der Waals surface area (Å²) in [7, 11) is 0. The number of hydrogen-bond acceptors (Lipinski definition) is 1. The molecule has 0 bridgehead atoms. The van der Waals surface area contributed by atoms with Gasteiger partial charge in [-0.25, -0.2) is 4.39 Å². The van der Waals surface area contributed by atoms with Crippen LogP contribution in [0.5, 0.6) is 0 Å². The molecule has 0 spiro atoms. The summed E-state index contributed by atoms with van der Waals surface area (Å²) < 4.78 is 13.8. The third-order valence-electron chi connectivity index (χ3n) is 3.52. The summed E-state index contributed by atoms with van der Waals surface area (Å²) in [6, 6.07) is 13.0. The van der Waals surface area contributed by atoms with Crippen LogP contribution in [0.3, 0.4) is 0 Å². The predicted octanol–water partition coefficient (Wildman–Crippen LogP) is 3.86. The summed E-state index contributed by atoms with van der Waals surface area (Å²) in [6.07, 6.45) is 0.490. The van der Waals surface area contributed by atoms with Crippen molar-refractivity contribution in [1.82, 2.24) is 0 Å². The number of nitrogens with two attached hydrogens (primary N) is 1. The van der Waals surface area contributed by atoms with Crippen LogP contribution in [0.2, 0.25) is 0 Å². The second-order valence-corrected chi connectivity index (χ2v) is 5.50. The Balaban J connectivity index is 2.37. The van der Waals surface area contributed by atoms with Crippen molar-refractivity contribution in [1.29, 1.82) is 0 Å². The first-order valence-electron chi connectivity index (χ1n) is 6.50. The summed E-state index contributed by atoms with van der Waals surface area (Å²) in [5.74, 6) is -0.190. The molecule has 1 unspecified atom stereocenters. The summed E-state index contributed by atoms with van der Waals surface area (Å²) in [5, 5.41) is 0. The molecule has 0 saturated heterocycles. The van der Waals surface area contributed by atoms with Crippen LogP contribution in [0.1, 0.15) is 29.2 Å². The molecule has 19 heavy (non-hydrogen) atoms. The molecular formula is C17H20FN. The second kappa shape index (κ2) is 5.14. The minimum Gasteiger partial charge on any atom is -0.321 e. The summed E-state index contributed by atoms with van der Waals surface area (Å²) >= 11 is 0. The van der Waals surface area contributed by atoms with Crippen molar-refractivity contribution >= 4 is 0 Å². The lowest BCUT2D eigenvalue weighted by Gasteiger charge is -2.28. The normalized spacial score (nSPS) is 14.2. The lowest BCUT2D eigenvalue weighted by molar-refractivity contribution is 0.472. The van der Waals surface area contributed by atoms with Gasteiger partial charge in [0, 0.05) is 5.54 Å². The maximum atomic E-state index is 13.8. The van der Waals surface area contributed by atoms with Crippen molar-refractivity contribution in [2.75, 3.05) is 0 Å². The van der Waals surface area contributed by atoms with Gasteiger partial charge < -0.3 is 5.73 Å². The number of hydrogen-bond donors (Lipinski definition) is 1. The van der Waals surface area contributed by atoms with Gasteiger partial charge >= 0.3 is 0 Å². The van der Waals surface area contributed by atoms with Gasteiger partial charge in [-0.1, -0.05) is 42.0 Å². The van der Waals surface area contributed by atoms with Crippen molar-refractivity contribution < 1.29 is 4.39 Å². The van der Waals surface area contributed by atoms with Crippen molar-refractivity contribution in [3.63, 3.8) is 0 Å². The highest BCUT2D eigenvalue weighted by molar-refractivity contribution is 5.37. The summed E-state index contributed by atoms with van der Waals surface area (Å²) in [5.41, 5.74) is 9.93. The number of benzene rings is 2. The van der Waals surface area contributed by atoms with Crippen LogP contribution < -0.4 is 5.73 Å². The summed E-state index contributed by atoms with van der Waals surface area (Å²) in [6.45, 7) is 6.05. The Kier molecular flexibility index (Phi) is 3.72. The topological polar surface area (TPSA) is 26.0 Å². The predicted molar refractivity (Wildman–Crippen MR) is 77.6 cm³/mol. The van der Waals surface area contributed by atoms with Crippen molar-refractivity contribution in [3.8, 4) is 0 Å². The molecule has 0 aliphatic heterocycles.